The highest BCUT2D eigenvalue weighted by atomic mass is 32.2. The van der Waals surface area contributed by atoms with Crippen LogP contribution in [0.3, 0.4) is 0 Å². The van der Waals surface area contributed by atoms with Crippen molar-refractivity contribution < 1.29 is 14.7 Å². The largest absolute Gasteiger partial charge is 0.396 e. The third kappa shape index (κ3) is 3.53. The molecule has 1 N–H and O–H groups in total. The van der Waals surface area contributed by atoms with Crippen LogP contribution in [0.1, 0.15) is 29.6 Å². The van der Waals surface area contributed by atoms with Crippen LogP contribution in [0, 0.1) is 5.41 Å². The maximum Gasteiger partial charge on any atom is 0.253 e. The number of hydrogen-bond donors (Lipinski definition) is 1. The zero-order chi connectivity index (χ0) is 17.9. The summed E-state index contributed by atoms with van der Waals surface area (Å²) in [5, 5.41) is 10.2. The molecule has 2 atom stereocenters. The van der Waals surface area contributed by atoms with Gasteiger partial charge in [-0.15, -0.1) is 0 Å². The van der Waals surface area contributed by atoms with E-state index in [1.54, 1.807) is 24.5 Å². The van der Waals surface area contributed by atoms with Crippen LogP contribution in [0.15, 0.2) is 24.5 Å². The molecule has 2 aliphatic rings. The third-order valence-corrected chi connectivity index (χ3v) is 5.99. The van der Waals surface area contributed by atoms with Gasteiger partial charge < -0.3 is 14.9 Å². The lowest BCUT2D eigenvalue weighted by Gasteiger charge is -2.54. The van der Waals surface area contributed by atoms with Gasteiger partial charge in [-0.2, -0.15) is 11.8 Å². The minimum absolute atomic E-state index is 0.000833. The molecule has 3 rings (SSSR count). The number of rotatable bonds is 4. The molecule has 0 spiro atoms. The van der Waals surface area contributed by atoms with E-state index in [2.05, 4.69) is 4.98 Å². The van der Waals surface area contributed by atoms with Gasteiger partial charge in [0.05, 0.1) is 12.4 Å². The van der Waals surface area contributed by atoms with Crippen molar-refractivity contribution in [3.63, 3.8) is 0 Å². The second-order valence-electron chi connectivity index (χ2n) is 6.91. The maximum atomic E-state index is 12.8. The fraction of sp³-hybridized carbons (Fsp3) is 0.611. The average molecular weight is 363 g/mol. The minimum Gasteiger partial charge on any atom is -0.396 e. The number of nitrogens with zero attached hydrogens (tertiary/aromatic N) is 3. The van der Waals surface area contributed by atoms with Crippen LogP contribution in [-0.4, -0.2) is 76.0 Å². The van der Waals surface area contributed by atoms with E-state index in [1.165, 1.54) is 11.8 Å². The Balaban J connectivity index is 1.79. The summed E-state index contributed by atoms with van der Waals surface area (Å²) in [4.78, 5) is 33.0. The molecule has 0 bridgehead atoms. The van der Waals surface area contributed by atoms with E-state index in [9.17, 15) is 14.7 Å². The van der Waals surface area contributed by atoms with Crippen molar-refractivity contribution >= 4 is 23.6 Å². The molecule has 2 aliphatic heterocycles. The Bertz CT molecular complexity index is 627. The Hall–Kier alpha value is -1.60. The molecule has 6 nitrogen and oxygen atoms in total. The van der Waals surface area contributed by atoms with E-state index >= 15 is 0 Å². The van der Waals surface area contributed by atoms with Crippen LogP contribution in [0.25, 0.3) is 0 Å². The SMILES string of the molecule is CSCC(=O)N1CCC[C@]2(CO)CN(C(=O)c3ccncc3)CC[C@@H]12. The van der Waals surface area contributed by atoms with Gasteiger partial charge >= 0.3 is 0 Å². The van der Waals surface area contributed by atoms with Crippen LogP contribution < -0.4 is 0 Å². The molecule has 0 radical (unpaired) electrons. The van der Waals surface area contributed by atoms with Crippen molar-refractivity contribution in [2.24, 2.45) is 5.41 Å². The molecule has 2 saturated heterocycles. The molecule has 0 aromatic carbocycles. The van der Waals surface area contributed by atoms with Crippen molar-refractivity contribution in [3.8, 4) is 0 Å². The van der Waals surface area contributed by atoms with Gasteiger partial charge in [0.1, 0.15) is 0 Å². The van der Waals surface area contributed by atoms with Crippen molar-refractivity contribution in [2.45, 2.75) is 25.3 Å². The van der Waals surface area contributed by atoms with E-state index in [0.29, 0.717) is 24.4 Å². The number of hydrogen-bond acceptors (Lipinski definition) is 5. The minimum atomic E-state index is -0.409. The molecule has 7 heteroatoms. The summed E-state index contributed by atoms with van der Waals surface area (Å²) in [6.45, 7) is 1.86. The highest BCUT2D eigenvalue weighted by molar-refractivity contribution is 7.99. The average Bonchev–Trinajstić information content (AvgIpc) is 2.67. The van der Waals surface area contributed by atoms with E-state index in [0.717, 1.165) is 25.8 Å². The molecule has 1 aromatic heterocycles. The summed E-state index contributed by atoms with van der Waals surface area (Å²) >= 11 is 1.53. The fourth-order valence-electron chi connectivity index (χ4n) is 4.23. The predicted octanol–water partition coefficient (Wildman–Crippen LogP) is 1.26. The van der Waals surface area contributed by atoms with Crippen LogP contribution in [0.2, 0.25) is 0 Å². The van der Waals surface area contributed by atoms with E-state index in [4.69, 9.17) is 0 Å². The third-order valence-electron chi connectivity index (χ3n) is 5.45. The van der Waals surface area contributed by atoms with Gasteiger partial charge in [0.25, 0.3) is 5.91 Å². The van der Waals surface area contributed by atoms with Gasteiger partial charge in [0.2, 0.25) is 5.91 Å². The first-order chi connectivity index (χ1) is 12.1. The number of fused-ring (bicyclic) bond motifs is 1. The first kappa shape index (κ1) is 18.2. The van der Waals surface area contributed by atoms with Crippen LogP contribution in [-0.2, 0) is 4.79 Å². The summed E-state index contributed by atoms with van der Waals surface area (Å²) in [7, 11) is 0. The maximum absolute atomic E-state index is 12.8. The highest BCUT2D eigenvalue weighted by Gasteiger charge is 2.49. The van der Waals surface area contributed by atoms with Crippen molar-refractivity contribution in [2.75, 3.05) is 38.2 Å². The van der Waals surface area contributed by atoms with Gasteiger partial charge in [-0.3, -0.25) is 14.6 Å². The van der Waals surface area contributed by atoms with Gasteiger partial charge in [-0.1, -0.05) is 0 Å². The Morgan fingerprint density at radius 2 is 2.12 bits per heavy atom. The standard InChI is InChI=1S/C18H25N3O3S/c1-25-11-16(23)21-9-2-6-18(13-22)12-20(10-5-15(18)21)17(24)14-3-7-19-8-4-14/h3-4,7-8,15,22H,2,5-6,9-13H2,1H3/t15-,18-/m1/s1. The summed E-state index contributed by atoms with van der Waals surface area (Å²) in [6, 6.07) is 3.46. The number of thioether (sulfide) groups is 1. The lowest BCUT2D eigenvalue weighted by molar-refractivity contribution is -0.142. The quantitative estimate of drug-likeness (QED) is 0.872. The molecule has 3 heterocycles. The molecule has 2 amide bonds. The molecular weight excluding hydrogens is 338 g/mol. The summed E-state index contributed by atoms with van der Waals surface area (Å²) in [5.41, 5.74) is 0.209. The first-order valence-corrected chi connectivity index (χ1v) is 10.1. The second-order valence-corrected chi connectivity index (χ2v) is 7.78. The molecule has 1 aromatic rings. The van der Waals surface area contributed by atoms with E-state index in [-0.39, 0.29) is 24.5 Å². The topological polar surface area (TPSA) is 73.7 Å². The van der Waals surface area contributed by atoms with Crippen LogP contribution in [0.5, 0.6) is 0 Å². The molecule has 2 fully saturated rings. The number of likely N-dealkylation sites (tertiary alicyclic amines) is 2. The Morgan fingerprint density at radius 1 is 1.36 bits per heavy atom. The van der Waals surface area contributed by atoms with Gasteiger partial charge in [0.15, 0.2) is 0 Å². The van der Waals surface area contributed by atoms with Gasteiger partial charge in [-0.05, 0) is 37.7 Å². The molecule has 25 heavy (non-hydrogen) atoms. The highest BCUT2D eigenvalue weighted by Crippen LogP contribution is 2.41. The second kappa shape index (κ2) is 7.74. The summed E-state index contributed by atoms with van der Waals surface area (Å²) < 4.78 is 0. The fourth-order valence-corrected chi connectivity index (χ4v) is 4.64. The van der Waals surface area contributed by atoms with Crippen molar-refractivity contribution in [1.29, 1.82) is 0 Å². The Labute approximate surface area is 152 Å². The number of aliphatic hydroxyl groups excluding tert-OH is 1. The number of carbonyl (C=O) groups is 2. The monoisotopic (exact) mass is 363 g/mol. The number of carbonyl (C=O) groups excluding carboxylic acids is 2. The number of piperidine rings is 2. The predicted molar refractivity (Wildman–Crippen MR) is 97.4 cm³/mol. The van der Waals surface area contributed by atoms with Crippen molar-refractivity contribution in [1.82, 2.24) is 14.8 Å². The molecule has 0 aliphatic carbocycles. The normalized spacial score (nSPS) is 26.2. The van der Waals surface area contributed by atoms with Gasteiger partial charge in [0, 0.05) is 49.0 Å². The van der Waals surface area contributed by atoms with Crippen LogP contribution >= 0.6 is 11.8 Å². The zero-order valence-corrected chi connectivity index (χ0v) is 15.4. The van der Waals surface area contributed by atoms with Crippen molar-refractivity contribution in [3.05, 3.63) is 30.1 Å². The van der Waals surface area contributed by atoms with Crippen LogP contribution in [0.4, 0.5) is 0 Å². The first-order valence-electron chi connectivity index (χ1n) is 8.70. The van der Waals surface area contributed by atoms with E-state index in [1.807, 2.05) is 16.1 Å². The Kier molecular flexibility index (Phi) is 5.64. The summed E-state index contributed by atoms with van der Waals surface area (Å²) in [5.74, 6) is 0.586. The Morgan fingerprint density at radius 3 is 2.80 bits per heavy atom. The molecule has 0 unspecified atom stereocenters. The molecule has 136 valence electrons. The number of amides is 2. The molecule has 0 saturated carbocycles. The summed E-state index contributed by atoms with van der Waals surface area (Å²) in [6.07, 6.45) is 7.59. The molecular formula is C18H25N3O3S. The number of aromatic nitrogens is 1. The lowest BCUT2D eigenvalue weighted by atomic mass is 9.69. The van der Waals surface area contributed by atoms with E-state index < -0.39 is 5.41 Å². The number of pyridine rings is 1. The lowest BCUT2D eigenvalue weighted by Crippen LogP contribution is -2.64. The smallest absolute Gasteiger partial charge is 0.253 e. The van der Waals surface area contributed by atoms with Gasteiger partial charge in [-0.25, -0.2) is 0 Å². The zero-order valence-electron chi connectivity index (χ0n) is 14.6. The number of aliphatic hydroxyl groups is 1.